The normalized spacial score (nSPS) is 19.1. The average Bonchev–Trinajstić information content (AvgIpc) is 2.56. The van der Waals surface area contributed by atoms with Crippen LogP contribution in [-0.4, -0.2) is 12.7 Å². The standard InChI is InChI=1S/C11H13NO2.ClH/c1-7-3-4-8(2)9(5-7)10-6-14-11(13)12-10;/h3-5,10H,6H2,1-2H3,(H,12,13);1H/t10-;/m1./s1. The van der Waals surface area contributed by atoms with Crippen molar-refractivity contribution in [2.24, 2.45) is 0 Å². The molecule has 1 aromatic rings. The van der Waals surface area contributed by atoms with Gasteiger partial charge in [-0.2, -0.15) is 0 Å². The van der Waals surface area contributed by atoms with E-state index in [1.807, 2.05) is 13.8 Å². The summed E-state index contributed by atoms with van der Waals surface area (Å²) in [5, 5.41) is 2.78. The van der Waals surface area contributed by atoms with E-state index in [4.69, 9.17) is 4.74 Å². The van der Waals surface area contributed by atoms with Crippen molar-refractivity contribution in [3.05, 3.63) is 34.9 Å². The molecule has 1 N–H and O–H groups in total. The molecule has 1 atom stereocenters. The Morgan fingerprint density at radius 2 is 2.13 bits per heavy atom. The van der Waals surface area contributed by atoms with Gasteiger partial charge in [-0.15, -0.1) is 12.4 Å². The predicted octanol–water partition coefficient (Wildman–Crippen LogP) is 2.51. The quantitative estimate of drug-likeness (QED) is 0.801. The average molecular weight is 228 g/mol. The van der Waals surface area contributed by atoms with E-state index in [2.05, 4.69) is 23.5 Å². The number of carbonyl (C=O) groups is 1. The number of benzene rings is 1. The van der Waals surface area contributed by atoms with Gasteiger partial charge in [0.2, 0.25) is 0 Å². The van der Waals surface area contributed by atoms with Crippen LogP contribution in [0, 0.1) is 13.8 Å². The van der Waals surface area contributed by atoms with Gasteiger partial charge in [-0.3, -0.25) is 0 Å². The third kappa shape index (κ3) is 2.42. The van der Waals surface area contributed by atoms with Gasteiger partial charge in [-0.25, -0.2) is 4.79 Å². The van der Waals surface area contributed by atoms with Crippen molar-refractivity contribution in [1.82, 2.24) is 5.32 Å². The van der Waals surface area contributed by atoms with Crippen LogP contribution in [0.3, 0.4) is 0 Å². The van der Waals surface area contributed by atoms with Crippen molar-refractivity contribution < 1.29 is 9.53 Å². The molecule has 82 valence electrons. The van der Waals surface area contributed by atoms with E-state index < -0.39 is 0 Å². The Hall–Kier alpha value is -1.22. The van der Waals surface area contributed by atoms with Crippen LogP contribution in [0.1, 0.15) is 22.7 Å². The van der Waals surface area contributed by atoms with Crippen LogP contribution < -0.4 is 5.32 Å². The van der Waals surface area contributed by atoms with E-state index in [-0.39, 0.29) is 24.5 Å². The smallest absolute Gasteiger partial charge is 0.407 e. The first kappa shape index (κ1) is 11.9. The van der Waals surface area contributed by atoms with Gasteiger partial charge in [-0.05, 0) is 25.0 Å². The Morgan fingerprint density at radius 1 is 1.40 bits per heavy atom. The lowest BCUT2D eigenvalue weighted by atomic mass is 10.00. The molecule has 1 saturated heterocycles. The zero-order chi connectivity index (χ0) is 10.1. The molecule has 0 spiro atoms. The summed E-state index contributed by atoms with van der Waals surface area (Å²) in [6, 6.07) is 6.24. The first-order valence-electron chi connectivity index (χ1n) is 4.67. The molecule has 0 aromatic heterocycles. The van der Waals surface area contributed by atoms with E-state index >= 15 is 0 Å². The fourth-order valence-corrected chi connectivity index (χ4v) is 1.69. The highest BCUT2D eigenvalue weighted by molar-refractivity contribution is 5.85. The number of cyclic esters (lactones) is 1. The fraction of sp³-hybridized carbons (Fsp3) is 0.364. The number of carbonyl (C=O) groups excluding carboxylic acids is 1. The van der Waals surface area contributed by atoms with Gasteiger partial charge in [0.25, 0.3) is 0 Å². The zero-order valence-corrected chi connectivity index (χ0v) is 9.56. The van der Waals surface area contributed by atoms with Crippen LogP contribution in [0.25, 0.3) is 0 Å². The van der Waals surface area contributed by atoms with Gasteiger partial charge >= 0.3 is 6.09 Å². The largest absolute Gasteiger partial charge is 0.447 e. The molecular formula is C11H14ClNO2. The van der Waals surface area contributed by atoms with Gasteiger partial charge < -0.3 is 10.1 Å². The molecule has 1 amide bonds. The molecule has 0 radical (unpaired) electrons. The topological polar surface area (TPSA) is 38.3 Å². The lowest BCUT2D eigenvalue weighted by molar-refractivity contribution is 0.177. The summed E-state index contributed by atoms with van der Waals surface area (Å²) in [6.45, 7) is 4.52. The maximum Gasteiger partial charge on any atom is 0.407 e. The molecule has 3 nitrogen and oxygen atoms in total. The maximum atomic E-state index is 10.9. The fourth-order valence-electron chi connectivity index (χ4n) is 1.69. The maximum absolute atomic E-state index is 10.9. The summed E-state index contributed by atoms with van der Waals surface area (Å²) in [4.78, 5) is 10.9. The summed E-state index contributed by atoms with van der Waals surface area (Å²) in [5.41, 5.74) is 3.54. The van der Waals surface area contributed by atoms with Gasteiger partial charge in [0.15, 0.2) is 0 Å². The highest BCUT2D eigenvalue weighted by atomic mass is 35.5. The molecule has 0 unspecified atom stereocenters. The van der Waals surface area contributed by atoms with Crippen molar-refractivity contribution in [2.45, 2.75) is 19.9 Å². The van der Waals surface area contributed by atoms with E-state index in [1.54, 1.807) is 0 Å². The van der Waals surface area contributed by atoms with Crippen LogP contribution >= 0.6 is 12.4 Å². The number of amides is 1. The lowest BCUT2D eigenvalue weighted by Crippen LogP contribution is -2.19. The number of aryl methyl sites for hydroxylation is 2. The molecule has 0 aliphatic carbocycles. The van der Waals surface area contributed by atoms with Crippen molar-refractivity contribution in [3.63, 3.8) is 0 Å². The molecule has 1 aromatic carbocycles. The third-order valence-electron chi connectivity index (χ3n) is 2.48. The Balaban J connectivity index is 0.00000112. The number of halogens is 1. The van der Waals surface area contributed by atoms with Crippen molar-refractivity contribution >= 4 is 18.5 Å². The molecule has 0 saturated carbocycles. The highest BCUT2D eigenvalue weighted by Gasteiger charge is 2.24. The minimum Gasteiger partial charge on any atom is -0.447 e. The molecule has 1 heterocycles. The van der Waals surface area contributed by atoms with Crippen LogP contribution in [0.2, 0.25) is 0 Å². The number of rotatable bonds is 1. The molecule has 1 aliphatic rings. The highest BCUT2D eigenvalue weighted by Crippen LogP contribution is 2.22. The van der Waals surface area contributed by atoms with Crippen molar-refractivity contribution in [1.29, 1.82) is 0 Å². The monoisotopic (exact) mass is 227 g/mol. The molecule has 0 bridgehead atoms. The number of nitrogens with one attached hydrogen (secondary N) is 1. The summed E-state index contributed by atoms with van der Waals surface area (Å²) < 4.78 is 4.86. The summed E-state index contributed by atoms with van der Waals surface area (Å²) in [6.07, 6.45) is -0.323. The van der Waals surface area contributed by atoms with E-state index in [1.165, 1.54) is 11.1 Å². The minimum absolute atomic E-state index is 0. The van der Waals surface area contributed by atoms with Gasteiger partial charge in [0.1, 0.15) is 6.61 Å². The van der Waals surface area contributed by atoms with E-state index in [9.17, 15) is 4.79 Å². The van der Waals surface area contributed by atoms with Crippen molar-refractivity contribution in [3.8, 4) is 0 Å². The van der Waals surface area contributed by atoms with Gasteiger partial charge in [0, 0.05) is 0 Å². The first-order valence-corrected chi connectivity index (χ1v) is 4.67. The number of hydrogen-bond donors (Lipinski definition) is 1. The molecule has 15 heavy (non-hydrogen) atoms. The summed E-state index contributed by atoms with van der Waals surface area (Å²) >= 11 is 0. The zero-order valence-electron chi connectivity index (χ0n) is 8.74. The number of ether oxygens (including phenoxy) is 1. The molecular weight excluding hydrogens is 214 g/mol. The molecule has 1 aliphatic heterocycles. The van der Waals surface area contributed by atoms with Gasteiger partial charge in [-0.1, -0.05) is 23.8 Å². The van der Waals surface area contributed by atoms with Crippen molar-refractivity contribution in [2.75, 3.05) is 6.61 Å². The Morgan fingerprint density at radius 3 is 2.73 bits per heavy atom. The minimum atomic E-state index is -0.323. The lowest BCUT2D eigenvalue weighted by Gasteiger charge is -2.11. The Bertz CT molecular complexity index is 379. The van der Waals surface area contributed by atoms with E-state index in [0.717, 1.165) is 5.56 Å². The SMILES string of the molecule is Cc1ccc(C)c([C@H]2COC(=O)N2)c1.Cl. The Kier molecular flexibility index (Phi) is 3.58. The van der Waals surface area contributed by atoms with Crippen LogP contribution in [0.4, 0.5) is 4.79 Å². The second kappa shape index (κ2) is 4.53. The van der Waals surface area contributed by atoms with E-state index in [0.29, 0.717) is 6.61 Å². The summed E-state index contributed by atoms with van der Waals surface area (Å²) in [7, 11) is 0. The number of hydrogen-bond acceptors (Lipinski definition) is 2. The van der Waals surface area contributed by atoms with Gasteiger partial charge in [0.05, 0.1) is 6.04 Å². The molecule has 2 rings (SSSR count). The third-order valence-corrected chi connectivity index (χ3v) is 2.48. The Labute approximate surface area is 95.2 Å². The first-order chi connectivity index (χ1) is 6.66. The molecule has 4 heteroatoms. The second-order valence-electron chi connectivity index (χ2n) is 3.66. The van der Waals surface area contributed by atoms with Crippen LogP contribution in [-0.2, 0) is 4.74 Å². The summed E-state index contributed by atoms with van der Waals surface area (Å²) in [5.74, 6) is 0. The second-order valence-corrected chi connectivity index (χ2v) is 3.66. The number of alkyl carbamates (subject to hydrolysis) is 1. The molecule has 1 fully saturated rings. The van der Waals surface area contributed by atoms with Crippen LogP contribution in [0.15, 0.2) is 18.2 Å². The van der Waals surface area contributed by atoms with Crippen LogP contribution in [0.5, 0.6) is 0 Å². The predicted molar refractivity (Wildman–Crippen MR) is 60.4 cm³/mol.